The standard InChI is InChI=1S/C20H27N3/c1-6-16(8-10-21-4)12-19-13-18-9-11-23(15(3)22-5)20(18)14-17(19)7-2/h6,8-11,13-14,21-22H,3,7,12H2,1-2,4-5H3/b10-8-,16-6+. The summed E-state index contributed by atoms with van der Waals surface area (Å²) in [5.41, 5.74) is 5.30. The van der Waals surface area contributed by atoms with Gasteiger partial charge in [0.15, 0.2) is 0 Å². The number of aromatic nitrogens is 1. The molecule has 3 nitrogen and oxygen atoms in total. The van der Waals surface area contributed by atoms with E-state index in [1.54, 1.807) is 0 Å². The first kappa shape index (κ1) is 16.9. The molecule has 0 unspecified atom stereocenters. The quantitative estimate of drug-likeness (QED) is 0.755. The Labute approximate surface area is 139 Å². The van der Waals surface area contributed by atoms with Crippen LogP contribution >= 0.6 is 0 Å². The number of hydrogen-bond donors (Lipinski definition) is 2. The normalized spacial score (nSPS) is 12.1. The van der Waals surface area contributed by atoms with E-state index in [0.717, 1.165) is 18.7 Å². The fourth-order valence-corrected chi connectivity index (χ4v) is 2.79. The van der Waals surface area contributed by atoms with Crippen LogP contribution in [0.25, 0.3) is 16.7 Å². The van der Waals surface area contributed by atoms with Crippen LogP contribution in [0.15, 0.2) is 54.9 Å². The van der Waals surface area contributed by atoms with Gasteiger partial charge in [0, 0.05) is 25.7 Å². The second kappa shape index (κ2) is 7.73. The van der Waals surface area contributed by atoms with Crippen molar-refractivity contribution in [3.63, 3.8) is 0 Å². The molecular weight excluding hydrogens is 282 g/mol. The molecule has 1 aromatic heterocycles. The van der Waals surface area contributed by atoms with E-state index < -0.39 is 0 Å². The lowest BCUT2D eigenvalue weighted by Crippen LogP contribution is -2.09. The van der Waals surface area contributed by atoms with Gasteiger partial charge in [0.05, 0.1) is 5.52 Å². The van der Waals surface area contributed by atoms with Crippen LogP contribution in [0, 0.1) is 0 Å². The van der Waals surface area contributed by atoms with Gasteiger partial charge >= 0.3 is 0 Å². The lowest BCUT2D eigenvalue weighted by molar-refractivity contribution is 0.986. The smallest absolute Gasteiger partial charge is 0.102 e. The maximum atomic E-state index is 4.07. The maximum absolute atomic E-state index is 4.07. The first-order valence-electron chi connectivity index (χ1n) is 8.13. The molecule has 0 saturated carbocycles. The van der Waals surface area contributed by atoms with Crippen LogP contribution < -0.4 is 10.6 Å². The molecule has 0 fully saturated rings. The summed E-state index contributed by atoms with van der Waals surface area (Å²) < 4.78 is 2.11. The Hall–Kier alpha value is -2.42. The average molecular weight is 309 g/mol. The molecule has 0 atom stereocenters. The first-order chi connectivity index (χ1) is 11.1. The van der Waals surface area contributed by atoms with Crippen LogP contribution in [0.2, 0.25) is 0 Å². The highest BCUT2D eigenvalue weighted by Crippen LogP contribution is 2.25. The number of allylic oxidation sites excluding steroid dienone is 3. The summed E-state index contributed by atoms with van der Waals surface area (Å²) in [6, 6.07) is 6.76. The number of nitrogens with zero attached hydrogens (tertiary/aromatic N) is 1. The molecule has 3 heteroatoms. The van der Waals surface area contributed by atoms with Gasteiger partial charge in [0.1, 0.15) is 5.82 Å². The molecule has 122 valence electrons. The summed E-state index contributed by atoms with van der Waals surface area (Å²) in [6.45, 7) is 8.37. The monoisotopic (exact) mass is 309 g/mol. The lowest BCUT2D eigenvalue weighted by atomic mass is 9.96. The molecule has 0 bridgehead atoms. The van der Waals surface area contributed by atoms with Gasteiger partial charge < -0.3 is 15.2 Å². The van der Waals surface area contributed by atoms with Crippen molar-refractivity contribution < 1.29 is 0 Å². The summed E-state index contributed by atoms with van der Waals surface area (Å²) in [6.07, 6.45) is 10.3. The van der Waals surface area contributed by atoms with Gasteiger partial charge in [-0.25, -0.2) is 0 Å². The predicted molar refractivity (Wildman–Crippen MR) is 101 cm³/mol. The van der Waals surface area contributed by atoms with Crippen LogP contribution in [0.5, 0.6) is 0 Å². The minimum Gasteiger partial charge on any atom is -0.394 e. The molecule has 0 amide bonds. The highest BCUT2D eigenvalue weighted by molar-refractivity contribution is 5.85. The molecule has 23 heavy (non-hydrogen) atoms. The van der Waals surface area contributed by atoms with E-state index in [1.807, 2.05) is 20.3 Å². The van der Waals surface area contributed by atoms with Crippen molar-refractivity contribution in [1.29, 1.82) is 0 Å². The SMILES string of the molecule is C=C(NC)n1ccc2cc(CC(/C=C\NC)=C/C)c(CC)cc21. The second-order valence-electron chi connectivity index (χ2n) is 5.58. The lowest BCUT2D eigenvalue weighted by Gasteiger charge is -2.13. The number of hydrogen-bond acceptors (Lipinski definition) is 2. The van der Waals surface area contributed by atoms with Crippen LogP contribution in [-0.2, 0) is 12.8 Å². The van der Waals surface area contributed by atoms with Crippen molar-refractivity contribution in [3.8, 4) is 0 Å². The van der Waals surface area contributed by atoms with E-state index in [2.05, 4.69) is 72.2 Å². The third kappa shape index (κ3) is 3.67. The van der Waals surface area contributed by atoms with Gasteiger partial charge in [-0.2, -0.15) is 0 Å². The predicted octanol–water partition coefficient (Wildman–Crippen LogP) is 4.07. The molecule has 0 aliphatic rings. The third-order valence-corrected chi connectivity index (χ3v) is 4.20. The molecule has 0 spiro atoms. The van der Waals surface area contributed by atoms with Crippen molar-refractivity contribution in [2.24, 2.45) is 0 Å². The van der Waals surface area contributed by atoms with Crippen molar-refractivity contribution in [2.75, 3.05) is 14.1 Å². The Morgan fingerprint density at radius 1 is 1.26 bits per heavy atom. The Kier molecular flexibility index (Phi) is 5.69. The summed E-state index contributed by atoms with van der Waals surface area (Å²) in [5, 5.41) is 7.43. The topological polar surface area (TPSA) is 29.0 Å². The van der Waals surface area contributed by atoms with E-state index in [9.17, 15) is 0 Å². The minimum atomic E-state index is 0.890. The average Bonchev–Trinajstić information content (AvgIpc) is 2.99. The Bertz CT molecular complexity index is 748. The van der Waals surface area contributed by atoms with Crippen molar-refractivity contribution >= 4 is 16.7 Å². The summed E-state index contributed by atoms with van der Waals surface area (Å²) >= 11 is 0. The van der Waals surface area contributed by atoms with E-state index in [-0.39, 0.29) is 0 Å². The number of fused-ring (bicyclic) bond motifs is 1. The summed E-state index contributed by atoms with van der Waals surface area (Å²) in [5.74, 6) is 0.890. The molecule has 2 rings (SSSR count). The number of aryl methyl sites for hydroxylation is 1. The fourth-order valence-electron chi connectivity index (χ4n) is 2.79. The largest absolute Gasteiger partial charge is 0.394 e. The van der Waals surface area contributed by atoms with Gasteiger partial charge in [-0.05, 0) is 66.9 Å². The van der Waals surface area contributed by atoms with Gasteiger partial charge in [-0.3, -0.25) is 0 Å². The number of rotatable bonds is 7. The van der Waals surface area contributed by atoms with Gasteiger partial charge in [-0.1, -0.05) is 19.6 Å². The first-order valence-corrected chi connectivity index (χ1v) is 8.13. The zero-order valence-corrected chi connectivity index (χ0v) is 14.6. The van der Waals surface area contributed by atoms with E-state index in [0.29, 0.717) is 0 Å². The Balaban J connectivity index is 2.45. The molecular formula is C20H27N3. The molecule has 2 N–H and O–H groups in total. The zero-order chi connectivity index (χ0) is 16.8. The van der Waals surface area contributed by atoms with Gasteiger partial charge in [-0.15, -0.1) is 0 Å². The fraction of sp³-hybridized carbons (Fsp3) is 0.300. The summed E-state index contributed by atoms with van der Waals surface area (Å²) in [4.78, 5) is 0. The van der Waals surface area contributed by atoms with Crippen LogP contribution in [-0.4, -0.2) is 18.7 Å². The van der Waals surface area contributed by atoms with E-state index in [4.69, 9.17) is 0 Å². The van der Waals surface area contributed by atoms with Crippen molar-refractivity contribution in [3.05, 3.63) is 66.0 Å². The van der Waals surface area contributed by atoms with Crippen LogP contribution in [0.4, 0.5) is 0 Å². The zero-order valence-electron chi connectivity index (χ0n) is 14.6. The molecule has 0 aliphatic carbocycles. The number of nitrogens with one attached hydrogen (secondary N) is 2. The highest BCUT2D eigenvalue weighted by Gasteiger charge is 2.09. The van der Waals surface area contributed by atoms with Crippen LogP contribution in [0.3, 0.4) is 0 Å². The van der Waals surface area contributed by atoms with Crippen molar-refractivity contribution in [1.82, 2.24) is 15.2 Å². The van der Waals surface area contributed by atoms with Gasteiger partial charge in [0.25, 0.3) is 0 Å². The Morgan fingerprint density at radius 2 is 2.04 bits per heavy atom. The van der Waals surface area contributed by atoms with E-state index >= 15 is 0 Å². The van der Waals surface area contributed by atoms with Gasteiger partial charge in [0.2, 0.25) is 0 Å². The van der Waals surface area contributed by atoms with Crippen molar-refractivity contribution in [2.45, 2.75) is 26.7 Å². The minimum absolute atomic E-state index is 0.890. The molecule has 0 aliphatic heterocycles. The molecule has 0 radical (unpaired) electrons. The molecule has 1 aromatic carbocycles. The van der Waals surface area contributed by atoms with Crippen LogP contribution in [0.1, 0.15) is 25.0 Å². The molecule has 1 heterocycles. The third-order valence-electron chi connectivity index (χ3n) is 4.20. The second-order valence-corrected chi connectivity index (χ2v) is 5.58. The number of benzene rings is 1. The molecule has 2 aromatic rings. The summed E-state index contributed by atoms with van der Waals surface area (Å²) in [7, 11) is 3.82. The molecule has 0 saturated heterocycles. The highest BCUT2D eigenvalue weighted by atomic mass is 15.1. The maximum Gasteiger partial charge on any atom is 0.102 e. The van der Waals surface area contributed by atoms with E-state index in [1.165, 1.54) is 27.6 Å². The Morgan fingerprint density at radius 3 is 2.65 bits per heavy atom.